The second-order valence-corrected chi connectivity index (χ2v) is 5.72. The van der Waals surface area contributed by atoms with Crippen LogP contribution in [0, 0.1) is 0 Å². The van der Waals surface area contributed by atoms with Crippen molar-refractivity contribution in [3.05, 3.63) is 29.8 Å². The molecular formula is C17H24N2O4. The number of carbonyl (C=O) groups excluding carboxylic acids is 1. The number of methoxy groups -OCH3 is 1. The second kappa shape index (κ2) is 8.64. The molecule has 2 unspecified atom stereocenters. The Balaban J connectivity index is 2.21. The van der Waals surface area contributed by atoms with Gasteiger partial charge in [0, 0.05) is 32.6 Å². The fraction of sp³-hybridized carbons (Fsp3) is 0.529. The molecule has 6 heteroatoms. The van der Waals surface area contributed by atoms with Crippen molar-refractivity contribution in [1.82, 2.24) is 10.2 Å². The first kappa shape index (κ1) is 17.4. The van der Waals surface area contributed by atoms with Crippen LogP contribution >= 0.6 is 0 Å². The summed E-state index contributed by atoms with van der Waals surface area (Å²) < 4.78 is 5.37. The Morgan fingerprint density at radius 3 is 2.70 bits per heavy atom. The van der Waals surface area contributed by atoms with E-state index in [-0.39, 0.29) is 12.3 Å². The fourth-order valence-electron chi connectivity index (χ4n) is 3.14. The molecule has 0 spiro atoms. The molecule has 1 fully saturated rings. The van der Waals surface area contributed by atoms with Crippen LogP contribution in [-0.2, 0) is 9.59 Å². The quantitative estimate of drug-likeness (QED) is 0.699. The molecular weight excluding hydrogens is 296 g/mol. The van der Waals surface area contributed by atoms with E-state index in [1.165, 1.54) is 0 Å². The number of nitrogens with zero attached hydrogens (tertiary/aromatic N) is 1. The van der Waals surface area contributed by atoms with E-state index in [1.807, 2.05) is 29.2 Å². The summed E-state index contributed by atoms with van der Waals surface area (Å²) in [5, 5.41) is 12.9. The van der Waals surface area contributed by atoms with Crippen LogP contribution in [0.4, 0.5) is 0 Å². The lowest BCUT2D eigenvalue weighted by Gasteiger charge is -2.34. The van der Waals surface area contributed by atoms with E-state index in [0.29, 0.717) is 25.3 Å². The maximum Gasteiger partial charge on any atom is 0.320 e. The zero-order chi connectivity index (χ0) is 16.7. The maximum absolute atomic E-state index is 11.7. The van der Waals surface area contributed by atoms with Gasteiger partial charge in [-0.15, -0.1) is 0 Å². The number of benzene rings is 1. The number of carbonyl (C=O) groups is 2. The lowest BCUT2D eigenvalue weighted by atomic mass is 9.88. The van der Waals surface area contributed by atoms with Crippen molar-refractivity contribution in [1.29, 1.82) is 0 Å². The smallest absolute Gasteiger partial charge is 0.320 e. The Bertz CT molecular complexity index is 529. The van der Waals surface area contributed by atoms with Gasteiger partial charge in [-0.25, -0.2) is 0 Å². The third-order valence-corrected chi connectivity index (χ3v) is 4.34. The molecule has 126 valence electrons. The Labute approximate surface area is 136 Å². The van der Waals surface area contributed by atoms with Gasteiger partial charge in [-0.05, 0) is 24.0 Å². The molecule has 0 saturated carbocycles. The second-order valence-electron chi connectivity index (χ2n) is 5.72. The lowest BCUT2D eigenvalue weighted by Crippen LogP contribution is -2.51. The summed E-state index contributed by atoms with van der Waals surface area (Å²) in [6, 6.07) is 6.91. The molecule has 2 atom stereocenters. The summed E-state index contributed by atoms with van der Waals surface area (Å²) in [6.07, 6.45) is 1.54. The Hall–Kier alpha value is -1.92. The molecule has 1 aromatic rings. The summed E-state index contributed by atoms with van der Waals surface area (Å²) in [7, 11) is 1.59. The van der Waals surface area contributed by atoms with Gasteiger partial charge in [0.05, 0.1) is 7.11 Å². The van der Waals surface area contributed by atoms with Crippen molar-refractivity contribution >= 4 is 12.3 Å². The molecule has 0 aromatic heterocycles. The molecule has 0 amide bonds. The highest BCUT2D eigenvalue weighted by Gasteiger charge is 2.30. The third-order valence-electron chi connectivity index (χ3n) is 4.34. The molecule has 1 aliphatic heterocycles. The average molecular weight is 320 g/mol. The van der Waals surface area contributed by atoms with Crippen molar-refractivity contribution in [2.45, 2.75) is 24.8 Å². The van der Waals surface area contributed by atoms with Crippen molar-refractivity contribution in [3.8, 4) is 5.75 Å². The number of hydrogen-bond donors (Lipinski definition) is 2. The lowest BCUT2D eigenvalue weighted by molar-refractivity contribution is -0.144. The largest absolute Gasteiger partial charge is 0.496 e. The molecule has 0 aliphatic carbocycles. The van der Waals surface area contributed by atoms with Gasteiger partial charge in [0.1, 0.15) is 18.1 Å². The van der Waals surface area contributed by atoms with E-state index >= 15 is 0 Å². The highest BCUT2D eigenvalue weighted by Crippen LogP contribution is 2.32. The first-order valence-electron chi connectivity index (χ1n) is 7.91. The summed E-state index contributed by atoms with van der Waals surface area (Å²) in [6.45, 7) is 2.99. The van der Waals surface area contributed by atoms with Crippen LogP contribution in [0.25, 0.3) is 0 Å². The molecule has 1 aliphatic rings. The average Bonchev–Trinajstić information content (AvgIpc) is 2.59. The van der Waals surface area contributed by atoms with Gasteiger partial charge in [-0.2, -0.15) is 0 Å². The van der Waals surface area contributed by atoms with Crippen molar-refractivity contribution in [2.75, 3.05) is 33.3 Å². The van der Waals surface area contributed by atoms with Gasteiger partial charge in [-0.1, -0.05) is 18.2 Å². The molecule has 0 radical (unpaired) electrons. The van der Waals surface area contributed by atoms with E-state index in [2.05, 4.69) is 5.32 Å². The number of piperazine rings is 1. The minimum atomic E-state index is -0.835. The number of aldehydes is 1. The summed E-state index contributed by atoms with van der Waals surface area (Å²) in [5.41, 5.74) is 0.892. The van der Waals surface area contributed by atoms with Crippen LogP contribution in [0.5, 0.6) is 5.75 Å². The van der Waals surface area contributed by atoms with E-state index in [0.717, 1.165) is 24.9 Å². The number of rotatable bonds is 8. The maximum atomic E-state index is 11.7. The van der Waals surface area contributed by atoms with Crippen molar-refractivity contribution in [2.24, 2.45) is 0 Å². The van der Waals surface area contributed by atoms with Crippen LogP contribution in [0.15, 0.2) is 24.3 Å². The van der Waals surface area contributed by atoms with Gasteiger partial charge >= 0.3 is 5.97 Å². The minimum Gasteiger partial charge on any atom is -0.496 e. The summed E-state index contributed by atoms with van der Waals surface area (Å²) in [5.74, 6) is -0.305. The molecule has 2 N–H and O–H groups in total. The van der Waals surface area contributed by atoms with Crippen LogP contribution < -0.4 is 10.1 Å². The van der Waals surface area contributed by atoms with Crippen molar-refractivity contribution < 1.29 is 19.4 Å². The monoisotopic (exact) mass is 320 g/mol. The van der Waals surface area contributed by atoms with Gasteiger partial charge < -0.3 is 20.0 Å². The van der Waals surface area contributed by atoms with Crippen LogP contribution in [0.1, 0.15) is 24.3 Å². The van der Waals surface area contributed by atoms with E-state index in [9.17, 15) is 14.7 Å². The minimum absolute atomic E-state index is 0.167. The zero-order valence-corrected chi connectivity index (χ0v) is 13.4. The standard InChI is InChI=1S/C17H24N2O4/c1-23-16-5-3-2-4-14(16)13(6-11-20)12-15(17(21)22)19-9-7-18-8-10-19/h2-5,11,13,15,18H,6-10,12H2,1H3,(H,21,22). The highest BCUT2D eigenvalue weighted by molar-refractivity contribution is 5.73. The molecule has 1 saturated heterocycles. The number of carboxylic acid groups (broad SMARTS) is 1. The summed E-state index contributed by atoms with van der Waals surface area (Å²) >= 11 is 0. The molecule has 6 nitrogen and oxygen atoms in total. The Morgan fingerprint density at radius 1 is 1.39 bits per heavy atom. The van der Waals surface area contributed by atoms with E-state index in [4.69, 9.17) is 4.74 Å². The van der Waals surface area contributed by atoms with Gasteiger partial charge in [0.2, 0.25) is 0 Å². The number of nitrogens with one attached hydrogen (secondary N) is 1. The highest BCUT2D eigenvalue weighted by atomic mass is 16.5. The SMILES string of the molecule is COc1ccccc1C(CC=O)CC(C(=O)O)N1CCNCC1. The number of para-hydroxylation sites is 1. The van der Waals surface area contributed by atoms with Crippen LogP contribution in [-0.4, -0.2) is 61.6 Å². The molecule has 1 aromatic carbocycles. The van der Waals surface area contributed by atoms with Gasteiger partial charge in [-0.3, -0.25) is 9.69 Å². The Morgan fingerprint density at radius 2 is 2.09 bits per heavy atom. The molecule has 2 rings (SSSR count). The van der Waals surface area contributed by atoms with Gasteiger partial charge in [0.25, 0.3) is 0 Å². The topological polar surface area (TPSA) is 78.9 Å². The first-order chi connectivity index (χ1) is 11.2. The number of carboxylic acids is 1. The van der Waals surface area contributed by atoms with Crippen molar-refractivity contribution in [3.63, 3.8) is 0 Å². The molecule has 1 heterocycles. The normalized spacial score (nSPS) is 18.1. The first-order valence-corrected chi connectivity index (χ1v) is 7.91. The summed E-state index contributed by atoms with van der Waals surface area (Å²) in [4.78, 5) is 24.8. The van der Waals surface area contributed by atoms with Gasteiger partial charge in [0.15, 0.2) is 0 Å². The van der Waals surface area contributed by atoms with Crippen LogP contribution in [0.3, 0.4) is 0 Å². The predicted octanol–water partition coefficient (Wildman–Crippen LogP) is 1.12. The van der Waals surface area contributed by atoms with E-state index in [1.54, 1.807) is 7.11 Å². The predicted molar refractivity (Wildman–Crippen MR) is 86.9 cm³/mol. The third kappa shape index (κ3) is 4.53. The van der Waals surface area contributed by atoms with Crippen LogP contribution in [0.2, 0.25) is 0 Å². The Kier molecular flexibility index (Phi) is 6.55. The number of aliphatic carboxylic acids is 1. The fourth-order valence-corrected chi connectivity index (χ4v) is 3.14. The van der Waals surface area contributed by atoms with E-state index < -0.39 is 12.0 Å². The molecule has 23 heavy (non-hydrogen) atoms. The zero-order valence-electron chi connectivity index (χ0n) is 13.4. The number of hydrogen-bond acceptors (Lipinski definition) is 5. The molecule has 0 bridgehead atoms. The number of ether oxygens (including phenoxy) is 1.